The van der Waals surface area contributed by atoms with Gasteiger partial charge in [0.2, 0.25) is 0 Å². The lowest BCUT2D eigenvalue weighted by atomic mass is 10.00. The van der Waals surface area contributed by atoms with Crippen molar-refractivity contribution in [3.05, 3.63) is 72.8 Å². The van der Waals surface area contributed by atoms with E-state index in [9.17, 15) is 0 Å². The van der Waals surface area contributed by atoms with Crippen molar-refractivity contribution < 1.29 is 4.42 Å². The second-order valence-electron chi connectivity index (χ2n) is 4.57. The molecule has 1 aromatic heterocycles. The summed E-state index contributed by atoms with van der Waals surface area (Å²) >= 11 is 0. The van der Waals surface area contributed by atoms with Crippen molar-refractivity contribution in [2.45, 2.75) is 0 Å². The van der Waals surface area contributed by atoms with E-state index >= 15 is 0 Å². The summed E-state index contributed by atoms with van der Waals surface area (Å²) in [4.78, 5) is 0. The van der Waals surface area contributed by atoms with Crippen LogP contribution in [0.3, 0.4) is 0 Å². The molecule has 0 aliphatic rings. The molecule has 19 heavy (non-hydrogen) atoms. The van der Waals surface area contributed by atoms with Gasteiger partial charge in [0.1, 0.15) is 11.2 Å². The van der Waals surface area contributed by atoms with Crippen molar-refractivity contribution in [2.75, 3.05) is 0 Å². The molecular formula is C18H11O. The second-order valence-corrected chi connectivity index (χ2v) is 4.57. The lowest BCUT2D eigenvalue weighted by Crippen LogP contribution is -1.78. The minimum Gasteiger partial charge on any atom is -0.456 e. The molecule has 4 rings (SSSR count). The summed E-state index contributed by atoms with van der Waals surface area (Å²) in [5, 5.41) is 2.35. The van der Waals surface area contributed by atoms with Gasteiger partial charge < -0.3 is 4.42 Å². The van der Waals surface area contributed by atoms with Gasteiger partial charge in [-0.3, -0.25) is 0 Å². The molecule has 0 unspecified atom stereocenters. The highest BCUT2D eigenvalue weighted by Crippen LogP contribution is 2.36. The van der Waals surface area contributed by atoms with Gasteiger partial charge in [0.25, 0.3) is 0 Å². The van der Waals surface area contributed by atoms with Gasteiger partial charge in [-0.2, -0.15) is 0 Å². The summed E-state index contributed by atoms with van der Waals surface area (Å²) in [5.74, 6) is 0. The minimum absolute atomic E-state index is 0.937. The van der Waals surface area contributed by atoms with Crippen LogP contribution in [-0.4, -0.2) is 0 Å². The monoisotopic (exact) mass is 243 g/mol. The molecular weight excluding hydrogens is 232 g/mol. The molecule has 89 valence electrons. The first-order valence-electron chi connectivity index (χ1n) is 6.30. The van der Waals surface area contributed by atoms with Gasteiger partial charge in [-0.05, 0) is 29.3 Å². The van der Waals surface area contributed by atoms with Crippen LogP contribution in [0.2, 0.25) is 0 Å². The topological polar surface area (TPSA) is 13.1 Å². The molecule has 0 saturated heterocycles. The molecule has 1 heteroatoms. The zero-order valence-electron chi connectivity index (χ0n) is 10.3. The highest BCUT2D eigenvalue weighted by molar-refractivity contribution is 6.12. The van der Waals surface area contributed by atoms with Crippen LogP contribution in [0.1, 0.15) is 0 Å². The van der Waals surface area contributed by atoms with Crippen LogP contribution in [-0.2, 0) is 0 Å². The average molecular weight is 243 g/mol. The lowest BCUT2D eigenvalue weighted by molar-refractivity contribution is 0.669. The lowest BCUT2D eigenvalue weighted by Gasteiger charge is -2.02. The zero-order chi connectivity index (χ0) is 12.7. The van der Waals surface area contributed by atoms with Crippen LogP contribution in [0, 0.1) is 6.07 Å². The van der Waals surface area contributed by atoms with Crippen molar-refractivity contribution in [1.29, 1.82) is 0 Å². The summed E-state index contributed by atoms with van der Waals surface area (Å²) in [6.07, 6.45) is 0. The standard InChI is InChI=1S/C18H11O/c1-2-7-13(8-3-1)14-10-6-12-17-18(14)15-9-4-5-11-16(15)19-17/h2-12H. The van der Waals surface area contributed by atoms with Crippen molar-refractivity contribution in [2.24, 2.45) is 0 Å². The molecule has 3 aromatic carbocycles. The number of hydrogen-bond donors (Lipinski definition) is 0. The van der Waals surface area contributed by atoms with Gasteiger partial charge in [-0.15, -0.1) is 0 Å². The number of rotatable bonds is 1. The Morgan fingerprint density at radius 1 is 0.737 bits per heavy atom. The fourth-order valence-electron chi connectivity index (χ4n) is 2.58. The Hall–Kier alpha value is -2.54. The van der Waals surface area contributed by atoms with Crippen molar-refractivity contribution in [1.82, 2.24) is 0 Å². The zero-order valence-corrected chi connectivity index (χ0v) is 10.3. The van der Waals surface area contributed by atoms with E-state index < -0.39 is 0 Å². The number of hydrogen-bond acceptors (Lipinski definition) is 1. The van der Waals surface area contributed by atoms with Crippen molar-refractivity contribution in [3.63, 3.8) is 0 Å². The number of fused-ring (bicyclic) bond motifs is 3. The smallest absolute Gasteiger partial charge is 0.136 e. The SMILES string of the molecule is [c]1ccc(-c2cccc3oc4ccccc4c23)cc1. The first-order valence-corrected chi connectivity index (χ1v) is 6.30. The molecule has 1 heterocycles. The summed E-state index contributed by atoms with van der Waals surface area (Å²) in [7, 11) is 0. The van der Waals surface area contributed by atoms with E-state index in [2.05, 4.69) is 30.3 Å². The third kappa shape index (κ3) is 1.55. The molecule has 4 aromatic rings. The Morgan fingerprint density at radius 2 is 1.53 bits per heavy atom. The third-order valence-electron chi connectivity index (χ3n) is 3.43. The highest BCUT2D eigenvalue weighted by atomic mass is 16.3. The third-order valence-corrected chi connectivity index (χ3v) is 3.43. The summed E-state index contributed by atoms with van der Waals surface area (Å²) < 4.78 is 5.91. The minimum atomic E-state index is 0.937. The van der Waals surface area contributed by atoms with Crippen LogP contribution in [0.15, 0.2) is 71.1 Å². The number of furan rings is 1. The fourth-order valence-corrected chi connectivity index (χ4v) is 2.58. The first-order chi connectivity index (χ1) is 9.43. The maximum Gasteiger partial charge on any atom is 0.136 e. The van der Waals surface area contributed by atoms with E-state index in [1.807, 2.05) is 42.5 Å². The molecule has 0 spiro atoms. The summed E-state index contributed by atoms with van der Waals surface area (Å²) in [6.45, 7) is 0. The van der Waals surface area contributed by atoms with E-state index in [1.165, 1.54) is 21.9 Å². The van der Waals surface area contributed by atoms with E-state index in [1.54, 1.807) is 0 Å². The Labute approximate surface area is 111 Å². The first kappa shape index (κ1) is 10.4. The number of benzene rings is 3. The van der Waals surface area contributed by atoms with Crippen LogP contribution in [0.4, 0.5) is 0 Å². The van der Waals surface area contributed by atoms with E-state index in [-0.39, 0.29) is 0 Å². The van der Waals surface area contributed by atoms with E-state index in [4.69, 9.17) is 4.42 Å². The molecule has 0 fully saturated rings. The Bertz CT molecular complexity index is 857. The maximum absolute atomic E-state index is 5.91. The highest BCUT2D eigenvalue weighted by Gasteiger charge is 2.11. The van der Waals surface area contributed by atoms with Crippen molar-refractivity contribution >= 4 is 21.9 Å². The van der Waals surface area contributed by atoms with Gasteiger partial charge in [0.15, 0.2) is 0 Å². The molecule has 0 aliphatic carbocycles. The van der Waals surface area contributed by atoms with Crippen LogP contribution >= 0.6 is 0 Å². The maximum atomic E-state index is 5.91. The van der Waals surface area contributed by atoms with Gasteiger partial charge in [0, 0.05) is 10.8 Å². The molecule has 0 amide bonds. The largest absolute Gasteiger partial charge is 0.456 e. The van der Waals surface area contributed by atoms with Gasteiger partial charge >= 0.3 is 0 Å². The van der Waals surface area contributed by atoms with Crippen LogP contribution in [0.5, 0.6) is 0 Å². The fraction of sp³-hybridized carbons (Fsp3) is 0. The quantitative estimate of drug-likeness (QED) is 0.455. The van der Waals surface area contributed by atoms with Crippen LogP contribution < -0.4 is 0 Å². The molecule has 0 saturated carbocycles. The molecule has 1 radical (unpaired) electrons. The predicted octanol–water partition coefficient (Wildman–Crippen LogP) is 5.05. The Balaban J connectivity index is 2.17. The van der Waals surface area contributed by atoms with E-state index in [0.29, 0.717) is 0 Å². The summed E-state index contributed by atoms with van der Waals surface area (Å²) in [5.41, 5.74) is 4.27. The van der Waals surface area contributed by atoms with Crippen molar-refractivity contribution in [3.8, 4) is 11.1 Å². The van der Waals surface area contributed by atoms with Crippen LogP contribution in [0.25, 0.3) is 33.1 Å². The average Bonchev–Trinajstić information content (AvgIpc) is 2.86. The molecule has 0 atom stereocenters. The van der Waals surface area contributed by atoms with E-state index in [0.717, 1.165) is 11.2 Å². The van der Waals surface area contributed by atoms with Gasteiger partial charge in [-0.25, -0.2) is 0 Å². The van der Waals surface area contributed by atoms with Gasteiger partial charge in [-0.1, -0.05) is 54.6 Å². The Morgan fingerprint density at radius 3 is 2.42 bits per heavy atom. The summed E-state index contributed by atoms with van der Waals surface area (Å²) in [6, 6.07) is 25.5. The molecule has 0 N–H and O–H groups in total. The Kier molecular flexibility index (Phi) is 2.18. The number of para-hydroxylation sites is 1. The molecule has 1 nitrogen and oxygen atoms in total. The normalized spacial score (nSPS) is 11.2. The van der Waals surface area contributed by atoms with Gasteiger partial charge in [0.05, 0.1) is 0 Å². The second kappa shape index (κ2) is 3.99. The molecule has 0 bridgehead atoms. The predicted molar refractivity (Wildman–Crippen MR) is 78.0 cm³/mol. The molecule has 0 aliphatic heterocycles.